The Balaban J connectivity index is 1.92. The Morgan fingerprint density at radius 3 is 2.78 bits per heavy atom. The van der Waals surface area contributed by atoms with Gasteiger partial charge in [0.15, 0.2) is 5.78 Å². The van der Waals surface area contributed by atoms with Crippen molar-refractivity contribution in [3.8, 4) is 0 Å². The van der Waals surface area contributed by atoms with Crippen LogP contribution in [-0.4, -0.2) is 47.2 Å². The molecule has 6 nitrogen and oxygen atoms in total. The van der Waals surface area contributed by atoms with Crippen molar-refractivity contribution < 1.29 is 9.59 Å². The first kappa shape index (κ1) is 19.2. The Bertz CT molecular complexity index is 820. The highest BCUT2D eigenvalue weighted by atomic mass is 16.1. The monoisotopic (exact) mass is 366 g/mol. The molecule has 0 aliphatic carbocycles. The lowest BCUT2D eigenvalue weighted by Gasteiger charge is -2.35. The van der Waals surface area contributed by atoms with Gasteiger partial charge in [0.25, 0.3) is 0 Å². The molecule has 1 fully saturated rings. The zero-order valence-electron chi connectivity index (χ0n) is 16.1. The molecule has 0 aromatic carbocycles. The average molecular weight is 366 g/mol. The van der Waals surface area contributed by atoms with Crippen molar-refractivity contribution in [2.24, 2.45) is 5.92 Å². The summed E-state index contributed by atoms with van der Waals surface area (Å²) in [6, 6.07) is 7.35. The molecule has 142 valence electrons. The molecule has 0 saturated carbocycles. The lowest BCUT2D eigenvalue weighted by molar-refractivity contribution is 0.0987. The summed E-state index contributed by atoms with van der Waals surface area (Å²) in [6.45, 7) is 8.42. The van der Waals surface area contributed by atoms with Gasteiger partial charge < -0.3 is 10.2 Å². The Hall–Kier alpha value is -2.60. The summed E-state index contributed by atoms with van der Waals surface area (Å²) in [6.07, 6.45) is 4.20. The second-order valence-corrected chi connectivity index (χ2v) is 7.42. The first-order valence-electron chi connectivity index (χ1n) is 9.40. The molecule has 0 unspecified atom stereocenters. The van der Waals surface area contributed by atoms with Gasteiger partial charge in [-0.2, -0.15) is 0 Å². The number of nitrogens with one attached hydrogen (secondary N) is 1. The van der Waals surface area contributed by atoms with Gasteiger partial charge in [-0.25, -0.2) is 4.98 Å². The molecular weight excluding hydrogens is 340 g/mol. The number of aromatic nitrogens is 2. The van der Waals surface area contributed by atoms with E-state index < -0.39 is 0 Å². The molecule has 1 N–H and O–H groups in total. The maximum absolute atomic E-state index is 12.9. The van der Waals surface area contributed by atoms with E-state index in [9.17, 15) is 9.59 Å². The first-order chi connectivity index (χ1) is 13.0. The fraction of sp³-hybridized carbons (Fsp3) is 0.429. The fourth-order valence-corrected chi connectivity index (χ4v) is 3.48. The van der Waals surface area contributed by atoms with E-state index in [1.165, 1.54) is 13.1 Å². The van der Waals surface area contributed by atoms with Crippen molar-refractivity contribution in [1.82, 2.24) is 15.3 Å². The number of piperazine rings is 1. The van der Waals surface area contributed by atoms with Crippen molar-refractivity contribution in [2.75, 3.05) is 24.5 Å². The minimum Gasteiger partial charge on any atom is -0.354 e. The van der Waals surface area contributed by atoms with Gasteiger partial charge in [0, 0.05) is 49.2 Å². The molecule has 0 bridgehead atoms. The average Bonchev–Trinajstić information content (AvgIpc) is 2.67. The zero-order chi connectivity index (χ0) is 19.4. The summed E-state index contributed by atoms with van der Waals surface area (Å²) in [5, 5.41) is 3.54. The second kappa shape index (κ2) is 8.39. The van der Waals surface area contributed by atoms with Crippen LogP contribution >= 0.6 is 0 Å². The van der Waals surface area contributed by atoms with Crippen molar-refractivity contribution in [3.05, 3.63) is 53.5 Å². The Morgan fingerprint density at radius 1 is 1.30 bits per heavy atom. The van der Waals surface area contributed by atoms with Crippen molar-refractivity contribution in [2.45, 2.75) is 33.2 Å². The highest BCUT2D eigenvalue weighted by Gasteiger charge is 2.24. The van der Waals surface area contributed by atoms with Crippen LogP contribution < -0.4 is 10.2 Å². The number of hydrogen-bond donors (Lipinski definition) is 1. The quantitative estimate of drug-likeness (QED) is 0.793. The maximum Gasteiger partial charge on any atom is 0.213 e. The van der Waals surface area contributed by atoms with Crippen molar-refractivity contribution >= 4 is 17.4 Å². The van der Waals surface area contributed by atoms with Gasteiger partial charge in [-0.05, 0) is 43.5 Å². The minimum atomic E-state index is -0.274. The van der Waals surface area contributed by atoms with Gasteiger partial charge >= 0.3 is 0 Å². The molecule has 3 heterocycles. The third-order valence-corrected chi connectivity index (χ3v) is 4.73. The van der Waals surface area contributed by atoms with Gasteiger partial charge in [0.1, 0.15) is 11.5 Å². The number of anilines is 1. The summed E-state index contributed by atoms with van der Waals surface area (Å²) >= 11 is 0. The highest BCUT2D eigenvalue weighted by Crippen LogP contribution is 2.21. The highest BCUT2D eigenvalue weighted by molar-refractivity contribution is 6.14. The fourth-order valence-electron chi connectivity index (χ4n) is 3.48. The molecule has 0 radical (unpaired) electrons. The third kappa shape index (κ3) is 4.57. The lowest BCUT2D eigenvalue weighted by Crippen LogP contribution is -2.51. The van der Waals surface area contributed by atoms with E-state index in [-0.39, 0.29) is 17.3 Å². The molecule has 2 aromatic heterocycles. The number of Topliss-reactive ketones (excluding diaryl/α,β-unsaturated/α-hetero) is 1. The SMILES string of the molecule is CC(=O)c1ccc(N2CCN[C@@H](CC(C)C)C2)nc1C(=O)c1cccnc1. The van der Waals surface area contributed by atoms with E-state index in [1.54, 1.807) is 24.4 Å². The molecule has 6 heteroatoms. The second-order valence-electron chi connectivity index (χ2n) is 7.42. The number of rotatable bonds is 6. The number of nitrogens with zero attached hydrogens (tertiary/aromatic N) is 3. The van der Waals surface area contributed by atoms with Gasteiger partial charge in [0.2, 0.25) is 5.78 Å². The number of carbonyl (C=O) groups is 2. The lowest BCUT2D eigenvalue weighted by atomic mass is 10.0. The third-order valence-electron chi connectivity index (χ3n) is 4.73. The Kier molecular flexibility index (Phi) is 5.96. The molecule has 1 aliphatic rings. The summed E-state index contributed by atoms with van der Waals surface area (Å²) in [5.41, 5.74) is 0.982. The molecule has 0 amide bonds. The van der Waals surface area contributed by atoms with Crippen LogP contribution in [0.3, 0.4) is 0 Å². The van der Waals surface area contributed by atoms with Gasteiger partial charge in [0.05, 0.1) is 0 Å². The van der Waals surface area contributed by atoms with Crippen LogP contribution in [0.25, 0.3) is 0 Å². The van der Waals surface area contributed by atoms with E-state index in [1.807, 2.05) is 6.07 Å². The predicted octanol–water partition coefficient (Wildman–Crippen LogP) is 2.73. The summed E-state index contributed by atoms with van der Waals surface area (Å²) < 4.78 is 0. The number of ketones is 2. The van der Waals surface area contributed by atoms with Crippen molar-refractivity contribution in [3.63, 3.8) is 0 Å². The maximum atomic E-state index is 12.9. The molecule has 1 saturated heterocycles. The van der Waals surface area contributed by atoms with Gasteiger partial charge in [-0.3, -0.25) is 14.6 Å². The number of hydrogen-bond acceptors (Lipinski definition) is 6. The first-order valence-corrected chi connectivity index (χ1v) is 9.40. The summed E-state index contributed by atoms with van der Waals surface area (Å²) in [7, 11) is 0. The normalized spacial score (nSPS) is 17.2. The molecule has 1 aliphatic heterocycles. The Labute approximate surface area is 160 Å². The molecule has 2 aromatic rings. The molecule has 1 atom stereocenters. The van der Waals surface area contributed by atoms with Gasteiger partial charge in [-0.1, -0.05) is 13.8 Å². The largest absolute Gasteiger partial charge is 0.354 e. The van der Waals surface area contributed by atoms with E-state index in [0.29, 0.717) is 23.1 Å². The molecule has 27 heavy (non-hydrogen) atoms. The van der Waals surface area contributed by atoms with Crippen LogP contribution in [0, 0.1) is 5.92 Å². The zero-order valence-corrected chi connectivity index (χ0v) is 16.1. The van der Waals surface area contributed by atoms with Crippen LogP contribution in [0.15, 0.2) is 36.7 Å². The predicted molar refractivity (Wildman–Crippen MR) is 105 cm³/mol. The number of pyridine rings is 2. The topological polar surface area (TPSA) is 75.2 Å². The van der Waals surface area contributed by atoms with Crippen LogP contribution in [0.5, 0.6) is 0 Å². The van der Waals surface area contributed by atoms with Crippen molar-refractivity contribution in [1.29, 1.82) is 0 Å². The standard InChI is InChI=1S/C21H26N4O2/c1-14(2)11-17-13-25(10-9-23-17)19-7-6-18(15(3)26)20(24-19)21(27)16-5-4-8-22-12-16/h4-8,12,14,17,23H,9-11,13H2,1-3H3/t17-/m0/s1. The van der Waals surface area contributed by atoms with Crippen LogP contribution in [0.2, 0.25) is 0 Å². The molecule has 3 rings (SSSR count). The summed E-state index contributed by atoms with van der Waals surface area (Å²) in [5.74, 6) is 0.906. The van der Waals surface area contributed by atoms with E-state index >= 15 is 0 Å². The number of carbonyl (C=O) groups excluding carboxylic acids is 2. The van der Waals surface area contributed by atoms with E-state index in [0.717, 1.165) is 31.9 Å². The van der Waals surface area contributed by atoms with Crippen LogP contribution in [0.4, 0.5) is 5.82 Å². The van der Waals surface area contributed by atoms with Gasteiger partial charge in [-0.15, -0.1) is 0 Å². The molecular formula is C21H26N4O2. The summed E-state index contributed by atoms with van der Waals surface area (Å²) in [4.78, 5) is 35.8. The van der Waals surface area contributed by atoms with Crippen LogP contribution in [-0.2, 0) is 0 Å². The minimum absolute atomic E-state index is 0.167. The van der Waals surface area contributed by atoms with E-state index in [4.69, 9.17) is 0 Å². The van der Waals surface area contributed by atoms with Crippen LogP contribution in [0.1, 0.15) is 53.6 Å². The molecule has 0 spiro atoms. The smallest absolute Gasteiger partial charge is 0.213 e. The Morgan fingerprint density at radius 2 is 2.11 bits per heavy atom. The van der Waals surface area contributed by atoms with E-state index in [2.05, 4.69) is 34.0 Å².